The van der Waals surface area contributed by atoms with Gasteiger partial charge in [0.05, 0.1) is 5.76 Å². The van der Waals surface area contributed by atoms with Gasteiger partial charge in [-0.25, -0.2) is 0 Å². The highest BCUT2D eigenvalue weighted by Crippen LogP contribution is 2.05. The van der Waals surface area contributed by atoms with Gasteiger partial charge in [-0.2, -0.15) is 0 Å². The van der Waals surface area contributed by atoms with Crippen LogP contribution in [0.25, 0.3) is 0 Å². The summed E-state index contributed by atoms with van der Waals surface area (Å²) in [6.45, 7) is 5.95. The summed E-state index contributed by atoms with van der Waals surface area (Å²) in [5, 5.41) is 9.17. The van der Waals surface area contributed by atoms with Gasteiger partial charge in [0.1, 0.15) is 0 Å². The van der Waals surface area contributed by atoms with Crippen LogP contribution < -0.4 is 0 Å². The van der Waals surface area contributed by atoms with E-state index in [0.29, 0.717) is 18.8 Å². The third-order valence-corrected chi connectivity index (χ3v) is 1.44. The Morgan fingerprint density at radius 2 is 2.08 bits per heavy atom. The lowest BCUT2D eigenvalue weighted by molar-refractivity contribution is -0.115. The van der Waals surface area contributed by atoms with E-state index in [1.165, 1.54) is 6.08 Å². The zero-order chi connectivity index (χ0) is 9.56. The molecule has 0 aliphatic carbocycles. The van der Waals surface area contributed by atoms with Crippen molar-refractivity contribution in [2.24, 2.45) is 5.92 Å². The summed E-state index contributed by atoms with van der Waals surface area (Å²) >= 11 is 0. The lowest BCUT2D eigenvalue weighted by Gasteiger charge is -2.00. The van der Waals surface area contributed by atoms with E-state index in [-0.39, 0.29) is 11.5 Å². The fraction of sp³-hybridized carbons (Fsp3) is 0.700. The van der Waals surface area contributed by atoms with Crippen LogP contribution in [-0.4, -0.2) is 10.9 Å². The van der Waals surface area contributed by atoms with Crippen LogP contribution in [0.4, 0.5) is 0 Å². The van der Waals surface area contributed by atoms with Crippen LogP contribution in [0.1, 0.15) is 40.0 Å². The molecule has 0 saturated carbocycles. The molecule has 2 nitrogen and oxygen atoms in total. The smallest absolute Gasteiger partial charge is 0.159 e. The average Bonchev–Trinajstić information content (AvgIpc) is 1.84. The van der Waals surface area contributed by atoms with Crippen LogP contribution in [0, 0.1) is 5.92 Å². The number of ketones is 1. The Bertz CT molecular complexity index is 169. The fourth-order valence-electron chi connectivity index (χ4n) is 0.975. The fourth-order valence-corrected chi connectivity index (χ4v) is 0.975. The van der Waals surface area contributed by atoms with Gasteiger partial charge in [-0.3, -0.25) is 4.79 Å². The van der Waals surface area contributed by atoms with Crippen LogP contribution in [0.3, 0.4) is 0 Å². The minimum atomic E-state index is 0.0240. The second-order valence-electron chi connectivity index (χ2n) is 3.45. The van der Waals surface area contributed by atoms with E-state index in [4.69, 9.17) is 0 Å². The van der Waals surface area contributed by atoms with Crippen molar-refractivity contribution >= 4 is 5.78 Å². The molecule has 0 aliphatic heterocycles. The van der Waals surface area contributed by atoms with Crippen molar-refractivity contribution in [1.82, 2.24) is 0 Å². The zero-order valence-electron chi connectivity index (χ0n) is 8.13. The standard InChI is InChI=1S/C10H18O2/c1-4-5-9(11)7-10(12)6-8(2)3/h7-8,11H,4-6H2,1-3H3. The zero-order valence-corrected chi connectivity index (χ0v) is 8.13. The van der Waals surface area contributed by atoms with Crippen molar-refractivity contribution in [1.29, 1.82) is 0 Å². The minimum absolute atomic E-state index is 0.0240. The molecular formula is C10H18O2. The summed E-state index contributed by atoms with van der Waals surface area (Å²) in [6, 6.07) is 0. The molecule has 0 unspecified atom stereocenters. The molecule has 0 heterocycles. The predicted molar refractivity (Wildman–Crippen MR) is 50.1 cm³/mol. The third kappa shape index (κ3) is 5.96. The SMILES string of the molecule is CCCC(O)=CC(=O)CC(C)C. The Labute approximate surface area is 74.3 Å². The molecule has 0 radical (unpaired) electrons. The minimum Gasteiger partial charge on any atom is -0.512 e. The van der Waals surface area contributed by atoms with E-state index >= 15 is 0 Å². The molecule has 0 rings (SSSR count). The molecule has 0 bridgehead atoms. The second kappa shape index (κ2) is 5.81. The Morgan fingerprint density at radius 3 is 2.50 bits per heavy atom. The Kier molecular flexibility index (Phi) is 5.43. The van der Waals surface area contributed by atoms with Gasteiger partial charge in [-0.1, -0.05) is 20.8 Å². The molecule has 0 aromatic carbocycles. The normalized spacial score (nSPS) is 12.2. The molecule has 0 amide bonds. The van der Waals surface area contributed by atoms with E-state index in [9.17, 15) is 9.90 Å². The third-order valence-electron chi connectivity index (χ3n) is 1.44. The molecule has 12 heavy (non-hydrogen) atoms. The first-order valence-corrected chi connectivity index (χ1v) is 4.48. The van der Waals surface area contributed by atoms with Gasteiger partial charge < -0.3 is 5.11 Å². The quantitative estimate of drug-likeness (QED) is 0.509. The van der Waals surface area contributed by atoms with Gasteiger partial charge in [-0.05, 0) is 12.3 Å². The van der Waals surface area contributed by atoms with Crippen molar-refractivity contribution in [3.05, 3.63) is 11.8 Å². The van der Waals surface area contributed by atoms with Gasteiger partial charge in [0.2, 0.25) is 0 Å². The Hall–Kier alpha value is -0.790. The van der Waals surface area contributed by atoms with E-state index in [2.05, 4.69) is 0 Å². The summed E-state index contributed by atoms with van der Waals surface area (Å²) in [5.41, 5.74) is 0. The van der Waals surface area contributed by atoms with Gasteiger partial charge in [0, 0.05) is 18.9 Å². The second-order valence-corrected chi connectivity index (χ2v) is 3.45. The van der Waals surface area contributed by atoms with E-state index < -0.39 is 0 Å². The maximum atomic E-state index is 11.1. The van der Waals surface area contributed by atoms with E-state index in [1.54, 1.807) is 0 Å². The Morgan fingerprint density at radius 1 is 1.50 bits per heavy atom. The van der Waals surface area contributed by atoms with Crippen LogP contribution in [0.15, 0.2) is 11.8 Å². The Balaban J connectivity index is 3.88. The van der Waals surface area contributed by atoms with Crippen LogP contribution in [0.2, 0.25) is 0 Å². The number of allylic oxidation sites excluding steroid dienone is 2. The summed E-state index contributed by atoms with van der Waals surface area (Å²) in [6.07, 6.45) is 3.35. The van der Waals surface area contributed by atoms with Crippen molar-refractivity contribution in [3.8, 4) is 0 Å². The average molecular weight is 170 g/mol. The number of carbonyl (C=O) groups is 1. The first-order valence-electron chi connectivity index (χ1n) is 4.48. The largest absolute Gasteiger partial charge is 0.512 e. The summed E-state index contributed by atoms with van der Waals surface area (Å²) in [7, 11) is 0. The molecule has 2 heteroatoms. The maximum absolute atomic E-state index is 11.1. The highest BCUT2D eigenvalue weighted by atomic mass is 16.3. The van der Waals surface area contributed by atoms with Crippen molar-refractivity contribution in [2.45, 2.75) is 40.0 Å². The molecule has 70 valence electrons. The molecule has 0 fully saturated rings. The number of aliphatic hydroxyl groups is 1. The summed E-state index contributed by atoms with van der Waals surface area (Å²) in [5.74, 6) is 0.599. The molecule has 0 saturated heterocycles. The van der Waals surface area contributed by atoms with Gasteiger partial charge in [0.15, 0.2) is 5.78 Å². The molecular weight excluding hydrogens is 152 g/mol. The molecule has 0 aliphatic rings. The monoisotopic (exact) mass is 170 g/mol. The van der Waals surface area contributed by atoms with Crippen molar-refractivity contribution < 1.29 is 9.90 Å². The highest BCUT2D eigenvalue weighted by Gasteiger charge is 2.02. The van der Waals surface area contributed by atoms with Crippen molar-refractivity contribution in [2.75, 3.05) is 0 Å². The first kappa shape index (κ1) is 11.2. The summed E-state index contributed by atoms with van der Waals surface area (Å²) in [4.78, 5) is 11.1. The van der Waals surface area contributed by atoms with Crippen molar-refractivity contribution in [3.63, 3.8) is 0 Å². The van der Waals surface area contributed by atoms with E-state index in [0.717, 1.165) is 6.42 Å². The first-order chi connectivity index (χ1) is 5.56. The predicted octanol–water partition coefficient (Wildman–Crippen LogP) is 2.84. The number of hydrogen-bond donors (Lipinski definition) is 1. The number of hydrogen-bond acceptors (Lipinski definition) is 2. The molecule has 1 N–H and O–H groups in total. The molecule has 0 aromatic heterocycles. The van der Waals surface area contributed by atoms with Gasteiger partial charge in [-0.15, -0.1) is 0 Å². The lowest BCUT2D eigenvalue weighted by Crippen LogP contribution is -2.00. The van der Waals surface area contributed by atoms with Crippen LogP contribution >= 0.6 is 0 Å². The van der Waals surface area contributed by atoms with Crippen LogP contribution in [0.5, 0.6) is 0 Å². The number of aliphatic hydroxyl groups excluding tert-OH is 1. The molecule has 0 spiro atoms. The molecule has 0 aromatic rings. The lowest BCUT2D eigenvalue weighted by atomic mass is 10.1. The van der Waals surface area contributed by atoms with Crippen LogP contribution in [-0.2, 0) is 4.79 Å². The molecule has 0 atom stereocenters. The topological polar surface area (TPSA) is 37.3 Å². The number of rotatable bonds is 5. The highest BCUT2D eigenvalue weighted by molar-refractivity contribution is 5.90. The maximum Gasteiger partial charge on any atom is 0.159 e. The van der Waals surface area contributed by atoms with Gasteiger partial charge >= 0.3 is 0 Å². The van der Waals surface area contributed by atoms with E-state index in [1.807, 2.05) is 20.8 Å². The van der Waals surface area contributed by atoms with Gasteiger partial charge in [0.25, 0.3) is 0 Å². The number of carbonyl (C=O) groups excluding carboxylic acids is 1. The summed E-state index contributed by atoms with van der Waals surface area (Å²) < 4.78 is 0.